The lowest BCUT2D eigenvalue weighted by Gasteiger charge is -2.55. The zero-order valence-corrected chi connectivity index (χ0v) is 55.9. The fraction of sp³-hybridized carbons (Fsp3) is 0.477. The molecule has 4 heterocycles. The monoisotopic (exact) mass is 1300 g/mol. The zero-order valence-electron chi connectivity index (χ0n) is 55.9. The topological polar surface area (TPSA) is 162 Å². The highest BCUT2D eigenvalue weighted by Gasteiger charge is 2.66. The van der Waals surface area contributed by atoms with Crippen molar-refractivity contribution in [3.05, 3.63) is 215 Å². The van der Waals surface area contributed by atoms with E-state index in [1.165, 1.54) is 81.1 Å². The van der Waals surface area contributed by atoms with Crippen LogP contribution in [0.5, 0.6) is 5.75 Å². The van der Waals surface area contributed by atoms with E-state index in [0.29, 0.717) is 65.4 Å². The number of esters is 2. The molecule has 9 aliphatic carbocycles. The number of aliphatic hydroxyl groups excluding tert-OH is 3. The van der Waals surface area contributed by atoms with E-state index in [4.69, 9.17) is 23.4 Å². The van der Waals surface area contributed by atoms with Crippen LogP contribution < -0.4 is 10.4 Å². The first kappa shape index (κ1) is 61.7. The molecule has 18 rings (SSSR count). The second kappa shape index (κ2) is 23.8. The molecule has 0 unspecified atom stereocenters. The summed E-state index contributed by atoms with van der Waals surface area (Å²) in [4.78, 5) is 48.1. The van der Waals surface area contributed by atoms with Crippen molar-refractivity contribution in [2.75, 3.05) is 26.9 Å². The van der Waals surface area contributed by atoms with Crippen molar-refractivity contribution in [2.45, 2.75) is 188 Å². The Morgan fingerprint density at radius 3 is 2.41 bits per heavy atom. The molecule has 4 fully saturated rings. The molecule has 6 aromatic rings. The number of allylic oxidation sites excluding steroid dienone is 4. The van der Waals surface area contributed by atoms with Crippen LogP contribution in [0.4, 0.5) is 0 Å². The van der Waals surface area contributed by atoms with Crippen LogP contribution in [0.1, 0.15) is 229 Å². The van der Waals surface area contributed by atoms with E-state index in [1.54, 1.807) is 0 Å². The first-order valence-electron chi connectivity index (χ1n) is 36.7. The summed E-state index contributed by atoms with van der Waals surface area (Å²) in [6, 6.07) is 33.5. The first-order chi connectivity index (χ1) is 47.5. The van der Waals surface area contributed by atoms with Crippen molar-refractivity contribution in [3.8, 4) is 17.6 Å². The Morgan fingerprint density at radius 1 is 0.753 bits per heavy atom. The highest BCUT2D eigenvalue weighted by Crippen LogP contribution is 2.68. The third-order valence-corrected chi connectivity index (χ3v) is 27.3. The number of carbonyl (C=O) groups is 2. The minimum Gasteiger partial charge on any atom is -0.481 e. The number of methoxy groups -OCH3 is 1. The molecule has 0 radical (unpaired) electrons. The smallest absolute Gasteiger partial charge is 0.340 e. The van der Waals surface area contributed by atoms with Crippen LogP contribution in [0, 0.1) is 52.8 Å². The van der Waals surface area contributed by atoms with Gasteiger partial charge in [-0.1, -0.05) is 146 Å². The Balaban J connectivity index is 0.890. The maximum atomic E-state index is 16.5. The number of aliphatic hydroxyl groups is 3. The van der Waals surface area contributed by atoms with Crippen LogP contribution >= 0.6 is 0 Å². The molecule has 16 atom stereocenters. The summed E-state index contributed by atoms with van der Waals surface area (Å²) >= 11 is 0. The summed E-state index contributed by atoms with van der Waals surface area (Å²) in [6.07, 6.45) is 26.1. The van der Waals surface area contributed by atoms with Gasteiger partial charge in [0.1, 0.15) is 11.3 Å². The van der Waals surface area contributed by atoms with Gasteiger partial charge in [0.05, 0.1) is 31.8 Å². The van der Waals surface area contributed by atoms with Gasteiger partial charge in [0.2, 0.25) is 0 Å². The van der Waals surface area contributed by atoms with E-state index in [9.17, 15) is 15.3 Å². The molecule has 1 aromatic heterocycles. The Bertz CT molecular complexity index is 4500. The van der Waals surface area contributed by atoms with Gasteiger partial charge in [0.25, 0.3) is 0 Å². The van der Waals surface area contributed by atoms with E-state index in [0.717, 1.165) is 57.8 Å². The zero-order chi connectivity index (χ0) is 65.6. The van der Waals surface area contributed by atoms with E-state index < -0.39 is 47.9 Å². The maximum Gasteiger partial charge on any atom is 0.340 e. The van der Waals surface area contributed by atoms with Gasteiger partial charge in [-0.15, -0.1) is 0 Å². The van der Waals surface area contributed by atoms with Gasteiger partial charge in [0, 0.05) is 72.2 Å². The molecule has 12 aliphatic rings. The van der Waals surface area contributed by atoms with Crippen molar-refractivity contribution in [2.24, 2.45) is 40.9 Å². The minimum absolute atomic E-state index is 0.0108. The lowest BCUT2D eigenvalue weighted by atomic mass is 9.48. The summed E-state index contributed by atoms with van der Waals surface area (Å²) in [5, 5.41) is 33.7. The van der Waals surface area contributed by atoms with Crippen LogP contribution in [-0.2, 0) is 48.7 Å². The molecule has 5 aromatic carbocycles. The average molecular weight is 1300 g/mol. The molecule has 5 bridgehead atoms. The Hall–Kier alpha value is -7.59. The summed E-state index contributed by atoms with van der Waals surface area (Å²) in [5.74, 6) is 6.59. The van der Waals surface area contributed by atoms with E-state index >= 15 is 14.4 Å². The second-order valence-corrected chi connectivity index (χ2v) is 31.3. The third-order valence-electron chi connectivity index (χ3n) is 27.3. The molecule has 3 aliphatic heterocycles. The van der Waals surface area contributed by atoms with Crippen molar-refractivity contribution in [1.82, 2.24) is 0 Å². The third kappa shape index (κ3) is 9.23. The molecule has 3 N–H and O–H groups in total. The molecule has 11 heteroatoms. The number of rotatable bonds is 8. The van der Waals surface area contributed by atoms with Gasteiger partial charge in [0.15, 0.2) is 17.8 Å². The normalized spacial score (nSPS) is 33.3. The van der Waals surface area contributed by atoms with E-state index in [1.807, 2.05) is 19.1 Å². The van der Waals surface area contributed by atoms with Gasteiger partial charge in [-0.25, -0.2) is 9.59 Å². The summed E-state index contributed by atoms with van der Waals surface area (Å²) < 4.78 is 35.3. The highest BCUT2D eigenvalue weighted by molar-refractivity contribution is 5.91. The van der Waals surface area contributed by atoms with Crippen LogP contribution in [0.2, 0.25) is 0 Å². The minimum atomic E-state index is -1.47. The number of benzene rings is 5. The SMILES string of the molecule is COC[C@@H](CCO)c1c(CO)c2ccc3c(c2oc1=O)[C@H]1OC(=O)C[C@@H]2C[C@@H](c4cccc5c4CC[C@H]4CCC[C@H]6C=Cc7ccccc7[C@]546)C=C[C@H]2c2ccc4c5c2CC#CC[C@]2(O3)[C@@H]3C[C@@H]6c7ccccc7C=C[C@@H]6[C@H]3C[C@H]5CC3(CCCC3)[C@H]4C/C(=C(\C)CO)C(=O)O[C@@H]12. The van der Waals surface area contributed by atoms with Crippen molar-refractivity contribution >= 4 is 35.1 Å². The molecule has 498 valence electrons. The lowest BCUT2D eigenvalue weighted by molar-refractivity contribution is -0.205. The number of fused-ring (bicyclic) bond motifs is 14. The van der Waals surface area contributed by atoms with Gasteiger partial charge in [-0.05, 0) is 221 Å². The predicted molar refractivity (Wildman–Crippen MR) is 372 cm³/mol. The summed E-state index contributed by atoms with van der Waals surface area (Å²) in [7, 11) is 1.54. The number of hydrogen-bond donors (Lipinski definition) is 3. The Morgan fingerprint density at radius 2 is 1.57 bits per heavy atom. The van der Waals surface area contributed by atoms with E-state index in [-0.39, 0.29) is 120 Å². The van der Waals surface area contributed by atoms with Gasteiger partial charge >= 0.3 is 17.6 Å². The van der Waals surface area contributed by atoms with E-state index in [2.05, 4.69) is 127 Å². The van der Waals surface area contributed by atoms with Gasteiger partial charge in [-0.3, -0.25) is 4.79 Å². The highest BCUT2D eigenvalue weighted by atomic mass is 16.6. The molecule has 1 saturated heterocycles. The van der Waals surface area contributed by atoms with Crippen LogP contribution in [0.15, 0.2) is 136 Å². The fourth-order valence-corrected chi connectivity index (χ4v) is 23.4. The van der Waals surface area contributed by atoms with Gasteiger partial charge in [-0.2, -0.15) is 0 Å². The van der Waals surface area contributed by atoms with Crippen LogP contribution in [0.3, 0.4) is 0 Å². The predicted octanol–water partition coefficient (Wildman–Crippen LogP) is 15.5. The Kier molecular flexibility index (Phi) is 15.2. The quantitative estimate of drug-likeness (QED) is 0.0437. The second-order valence-electron chi connectivity index (χ2n) is 31.3. The fourth-order valence-electron chi connectivity index (χ4n) is 23.4. The average Bonchev–Trinajstić information content (AvgIpc) is 1.64. The largest absolute Gasteiger partial charge is 0.481 e. The van der Waals surface area contributed by atoms with Crippen LogP contribution in [-0.4, -0.2) is 65.9 Å². The molecular weight excluding hydrogens is 1210 g/mol. The first-order valence-corrected chi connectivity index (χ1v) is 36.7. The standard InChI is InChI=1S/C86H88O11/c1-48(45-88)66-42-72-65-31-30-60-59-27-24-51(58-19-12-21-71-62(58)29-26-56-16-11-15-55-25-22-50-14-4-6-20-70(50)86(55,56)71)39-53(59)41-75(90)94-80-78-74(33-32-64-69(46-89)77(83(92)95-79(64)78)52(34-38-87)47-93-2)97-85(81(80)96-82(66)91)37-8-7-18-63(60)76(65)54(44-84(72)35-9-10-36-84)40-68-61-28-23-49-13-3-5-17-57(49)67(61)43-73(68)85/h3-6,12-14,17,19-25,27-28,30-33,51-56,59,61,67-68,72-73,80-81,87-89H,9-11,15-16,18,26,29,34-47H2,1-2H3/b66-48-/t51-,52+,53-,54-,55-,56+,59+,61-,67+,68+,72-,73+,80+,81-,85-,86+/m0/s1. The molecule has 97 heavy (non-hydrogen) atoms. The Labute approximate surface area is 568 Å². The van der Waals surface area contributed by atoms with Crippen molar-refractivity contribution in [1.29, 1.82) is 0 Å². The number of carbonyl (C=O) groups excluding carboxylic acids is 2. The lowest BCUT2D eigenvalue weighted by Crippen LogP contribution is -2.61. The molecule has 11 nitrogen and oxygen atoms in total. The van der Waals surface area contributed by atoms with Crippen molar-refractivity contribution < 1.29 is 48.3 Å². The summed E-state index contributed by atoms with van der Waals surface area (Å²) in [6.45, 7) is 0.778. The number of ether oxygens (including phenoxy) is 4. The van der Waals surface area contributed by atoms with Gasteiger partial charge < -0.3 is 38.7 Å². The molecule has 3 saturated carbocycles. The van der Waals surface area contributed by atoms with Crippen LogP contribution in [0.25, 0.3) is 23.1 Å². The molecule has 0 amide bonds. The summed E-state index contributed by atoms with van der Waals surface area (Å²) in [5.41, 5.74) is 13.9. The molecular formula is C86H88O11. The molecule has 3 spiro atoms. The number of hydrogen-bond acceptors (Lipinski definition) is 11. The maximum absolute atomic E-state index is 16.5. The van der Waals surface area contributed by atoms with Crippen molar-refractivity contribution in [3.63, 3.8) is 0 Å².